The number of carbonyl (C=O) groups is 1. The third-order valence-corrected chi connectivity index (χ3v) is 2.93. The van der Waals surface area contributed by atoms with Crippen molar-refractivity contribution in [2.24, 2.45) is 5.92 Å². The Hall–Kier alpha value is -0.650. The molecule has 1 rings (SSSR count). The lowest BCUT2D eigenvalue weighted by Gasteiger charge is -2.34. The predicted octanol–water partition coefficient (Wildman–Crippen LogP) is 1.44. The van der Waals surface area contributed by atoms with Gasteiger partial charge >= 0.3 is 0 Å². The molecule has 1 amide bonds. The Morgan fingerprint density at radius 2 is 2.05 bits per heavy atom. The fourth-order valence-corrected chi connectivity index (χ4v) is 2.00. The molecular weight excluding hydrogens is 266 g/mol. The number of amides is 1. The van der Waals surface area contributed by atoms with Crippen LogP contribution in [0.5, 0.6) is 0 Å². The Morgan fingerprint density at radius 1 is 1.38 bits per heavy atom. The maximum atomic E-state index is 10.6. The molecule has 0 aromatic carbocycles. The zero-order valence-electron chi connectivity index (χ0n) is 14.6. The first-order valence-corrected chi connectivity index (χ1v) is 8.19. The van der Waals surface area contributed by atoms with Crippen LogP contribution in [0.4, 0.5) is 0 Å². The number of hydrogen-bond acceptors (Lipinski definition) is 4. The van der Waals surface area contributed by atoms with Crippen molar-refractivity contribution in [1.82, 2.24) is 15.1 Å². The van der Waals surface area contributed by atoms with E-state index in [2.05, 4.69) is 37.9 Å². The molecule has 1 saturated heterocycles. The lowest BCUT2D eigenvalue weighted by Crippen LogP contribution is -2.48. The van der Waals surface area contributed by atoms with Gasteiger partial charge < -0.3 is 15.0 Å². The van der Waals surface area contributed by atoms with Crippen LogP contribution in [-0.4, -0.2) is 75.2 Å². The Bertz CT molecular complexity index is 247. The summed E-state index contributed by atoms with van der Waals surface area (Å²) in [5.41, 5.74) is 0. The minimum absolute atomic E-state index is 0.158. The van der Waals surface area contributed by atoms with Crippen molar-refractivity contribution in [1.29, 1.82) is 0 Å². The van der Waals surface area contributed by atoms with Gasteiger partial charge in [0.05, 0.1) is 12.7 Å². The van der Waals surface area contributed by atoms with Crippen LogP contribution in [-0.2, 0) is 9.53 Å². The van der Waals surface area contributed by atoms with E-state index in [0.717, 1.165) is 51.7 Å². The fraction of sp³-hybridized carbons (Fsp3) is 0.938. The van der Waals surface area contributed by atoms with Gasteiger partial charge in [-0.3, -0.25) is 9.69 Å². The van der Waals surface area contributed by atoms with Crippen molar-refractivity contribution in [3.63, 3.8) is 0 Å². The van der Waals surface area contributed by atoms with E-state index in [-0.39, 0.29) is 6.10 Å². The van der Waals surface area contributed by atoms with Gasteiger partial charge in [0.25, 0.3) is 0 Å². The van der Waals surface area contributed by atoms with Crippen molar-refractivity contribution < 1.29 is 9.53 Å². The van der Waals surface area contributed by atoms with Gasteiger partial charge in [-0.05, 0) is 18.9 Å². The number of ether oxygens (including phenoxy) is 1. The van der Waals surface area contributed by atoms with Gasteiger partial charge in [0, 0.05) is 39.8 Å². The van der Waals surface area contributed by atoms with Gasteiger partial charge in [-0.2, -0.15) is 0 Å². The average molecular weight is 301 g/mol. The number of carbonyl (C=O) groups excluding carboxylic acids is 1. The molecule has 1 aliphatic rings. The molecule has 0 spiro atoms. The quantitative estimate of drug-likeness (QED) is 0.544. The van der Waals surface area contributed by atoms with E-state index < -0.39 is 0 Å². The molecule has 5 heteroatoms. The summed E-state index contributed by atoms with van der Waals surface area (Å²) in [6, 6.07) is 0. The highest BCUT2D eigenvalue weighted by Gasteiger charge is 2.20. The molecule has 1 N–H and O–H groups in total. The summed E-state index contributed by atoms with van der Waals surface area (Å²) in [6.07, 6.45) is 2.19. The highest BCUT2D eigenvalue weighted by Crippen LogP contribution is 2.05. The second-order valence-electron chi connectivity index (χ2n) is 6.32. The van der Waals surface area contributed by atoms with Crippen LogP contribution < -0.4 is 5.32 Å². The molecular formula is C16H35N3O2. The standard InChI is InChI=1S/C12H25N3O2.C4H10/c1-3-4-13-5-6-15-7-8-17-12(10-15)9-14(2)11-16;1-4(2)3/h11-13H,3-10H2,1-2H3;4H,1-3H3. The summed E-state index contributed by atoms with van der Waals surface area (Å²) >= 11 is 0. The molecule has 1 atom stereocenters. The maximum Gasteiger partial charge on any atom is 0.209 e. The maximum absolute atomic E-state index is 10.6. The smallest absolute Gasteiger partial charge is 0.209 e. The van der Waals surface area contributed by atoms with E-state index in [0.29, 0.717) is 6.54 Å². The zero-order chi connectivity index (χ0) is 16.1. The second-order valence-corrected chi connectivity index (χ2v) is 6.32. The molecule has 1 unspecified atom stereocenters. The summed E-state index contributed by atoms with van der Waals surface area (Å²) in [6.45, 7) is 15.2. The summed E-state index contributed by atoms with van der Waals surface area (Å²) in [4.78, 5) is 14.6. The van der Waals surface area contributed by atoms with Gasteiger partial charge in [-0.25, -0.2) is 0 Å². The minimum Gasteiger partial charge on any atom is -0.374 e. The van der Waals surface area contributed by atoms with E-state index in [1.165, 1.54) is 6.42 Å². The van der Waals surface area contributed by atoms with Gasteiger partial charge in [0.2, 0.25) is 6.41 Å². The molecule has 0 saturated carbocycles. The number of rotatable bonds is 8. The third kappa shape index (κ3) is 12.8. The minimum atomic E-state index is 0.158. The topological polar surface area (TPSA) is 44.8 Å². The first-order chi connectivity index (χ1) is 9.99. The van der Waals surface area contributed by atoms with Crippen LogP contribution >= 0.6 is 0 Å². The third-order valence-electron chi connectivity index (χ3n) is 2.93. The lowest BCUT2D eigenvalue weighted by atomic mass is 10.2. The molecule has 0 aliphatic carbocycles. The first-order valence-electron chi connectivity index (χ1n) is 8.19. The monoisotopic (exact) mass is 301 g/mol. The fourth-order valence-electron chi connectivity index (χ4n) is 2.00. The largest absolute Gasteiger partial charge is 0.374 e. The zero-order valence-corrected chi connectivity index (χ0v) is 14.6. The lowest BCUT2D eigenvalue weighted by molar-refractivity contribution is -0.120. The second kappa shape index (κ2) is 13.0. The molecule has 0 radical (unpaired) electrons. The Balaban J connectivity index is 0.000000885. The normalized spacial score (nSPS) is 19.0. The number of nitrogens with one attached hydrogen (secondary N) is 1. The number of morpholine rings is 1. The van der Waals surface area contributed by atoms with Crippen molar-refractivity contribution in [2.45, 2.75) is 40.2 Å². The summed E-state index contributed by atoms with van der Waals surface area (Å²) in [5, 5.41) is 3.40. The highest BCUT2D eigenvalue weighted by molar-refractivity contribution is 5.46. The Morgan fingerprint density at radius 3 is 2.62 bits per heavy atom. The molecule has 0 bridgehead atoms. The van der Waals surface area contributed by atoms with Crippen LogP contribution in [0.2, 0.25) is 0 Å². The summed E-state index contributed by atoms with van der Waals surface area (Å²) in [5.74, 6) is 0.833. The van der Waals surface area contributed by atoms with Crippen molar-refractivity contribution in [3.8, 4) is 0 Å². The van der Waals surface area contributed by atoms with E-state index >= 15 is 0 Å². The van der Waals surface area contributed by atoms with Crippen molar-refractivity contribution in [3.05, 3.63) is 0 Å². The molecule has 5 nitrogen and oxygen atoms in total. The van der Waals surface area contributed by atoms with E-state index in [4.69, 9.17) is 4.74 Å². The number of hydrogen-bond donors (Lipinski definition) is 1. The highest BCUT2D eigenvalue weighted by atomic mass is 16.5. The first kappa shape index (κ1) is 20.3. The van der Waals surface area contributed by atoms with Gasteiger partial charge in [-0.15, -0.1) is 0 Å². The molecule has 1 heterocycles. The van der Waals surface area contributed by atoms with Crippen LogP contribution in [0, 0.1) is 5.92 Å². The number of nitrogens with zero attached hydrogens (tertiary/aromatic N) is 2. The van der Waals surface area contributed by atoms with E-state index in [9.17, 15) is 4.79 Å². The van der Waals surface area contributed by atoms with Crippen LogP contribution in [0.15, 0.2) is 0 Å². The van der Waals surface area contributed by atoms with E-state index in [1.807, 2.05) is 0 Å². The van der Waals surface area contributed by atoms with Gasteiger partial charge in [-0.1, -0.05) is 27.7 Å². The summed E-state index contributed by atoms with van der Waals surface area (Å²) < 4.78 is 5.65. The van der Waals surface area contributed by atoms with E-state index in [1.54, 1.807) is 11.9 Å². The van der Waals surface area contributed by atoms with Crippen LogP contribution in [0.25, 0.3) is 0 Å². The predicted molar refractivity (Wildman–Crippen MR) is 88.5 cm³/mol. The summed E-state index contributed by atoms with van der Waals surface area (Å²) in [7, 11) is 1.79. The average Bonchev–Trinajstić information content (AvgIpc) is 2.43. The molecule has 21 heavy (non-hydrogen) atoms. The SMILES string of the molecule is CC(C)C.CCCNCCN1CCOC(CN(C)C=O)C1. The van der Waals surface area contributed by atoms with Crippen LogP contribution in [0.3, 0.4) is 0 Å². The molecule has 1 fully saturated rings. The number of likely N-dealkylation sites (N-methyl/N-ethyl adjacent to an activating group) is 1. The molecule has 126 valence electrons. The molecule has 1 aliphatic heterocycles. The van der Waals surface area contributed by atoms with Gasteiger partial charge in [0.15, 0.2) is 0 Å². The van der Waals surface area contributed by atoms with Crippen LogP contribution in [0.1, 0.15) is 34.1 Å². The molecule has 0 aromatic heterocycles. The Kier molecular flexibility index (Phi) is 12.6. The molecule has 0 aromatic rings. The van der Waals surface area contributed by atoms with Crippen molar-refractivity contribution >= 4 is 6.41 Å². The van der Waals surface area contributed by atoms with Gasteiger partial charge in [0.1, 0.15) is 0 Å². The van der Waals surface area contributed by atoms with Crippen molar-refractivity contribution in [2.75, 3.05) is 52.9 Å². The Labute approximate surface area is 131 Å².